The zero-order valence-corrected chi connectivity index (χ0v) is 14.1. The lowest BCUT2D eigenvalue weighted by Gasteiger charge is -2.19. The van der Waals surface area contributed by atoms with E-state index in [1.54, 1.807) is 0 Å². The lowest BCUT2D eigenvalue weighted by molar-refractivity contribution is 0.129. The van der Waals surface area contributed by atoms with Crippen molar-refractivity contribution in [2.24, 2.45) is 5.41 Å². The Bertz CT molecular complexity index is 190. The van der Waals surface area contributed by atoms with Crippen LogP contribution in [0.2, 0.25) is 0 Å². The first-order valence-electron chi connectivity index (χ1n) is 7.51. The molecule has 0 saturated carbocycles. The molecule has 0 saturated heterocycles. The number of hydrogen-bond donors (Lipinski definition) is 1. The summed E-state index contributed by atoms with van der Waals surface area (Å²) in [5, 5.41) is 3.42. The predicted molar refractivity (Wildman–Crippen MR) is 82.0 cm³/mol. The van der Waals surface area contributed by atoms with E-state index in [4.69, 9.17) is 0 Å². The zero-order chi connectivity index (χ0) is 15.5. The van der Waals surface area contributed by atoms with Crippen molar-refractivity contribution in [2.45, 2.75) is 92.5 Å². The summed E-state index contributed by atoms with van der Waals surface area (Å²) in [4.78, 5) is 0. The lowest BCUT2D eigenvalue weighted by atomic mass is 9.90. The van der Waals surface area contributed by atoms with Gasteiger partial charge >= 0.3 is 0 Å². The molecule has 0 aliphatic rings. The quantitative estimate of drug-likeness (QED) is 0.620. The van der Waals surface area contributed by atoms with Gasteiger partial charge in [0.15, 0.2) is 0 Å². The number of unbranched alkanes of at least 4 members (excludes halogenated alkanes) is 1. The maximum atomic E-state index is 11.6. The molecule has 0 fully saturated rings. The minimum absolute atomic E-state index is 0.0528. The van der Waals surface area contributed by atoms with E-state index >= 15 is 0 Å². The van der Waals surface area contributed by atoms with Crippen molar-refractivity contribution in [1.29, 1.82) is 0 Å². The Morgan fingerprint density at radius 3 is 1.79 bits per heavy atom. The average Bonchev–Trinajstić information content (AvgIpc) is 2.14. The summed E-state index contributed by atoms with van der Waals surface area (Å²) in [5.74, 6) is 0. The topological polar surface area (TPSA) is 12.0 Å². The van der Waals surface area contributed by atoms with Gasteiger partial charge in [0.05, 0.1) is 0 Å². The van der Waals surface area contributed by atoms with E-state index in [1.807, 2.05) is 0 Å². The van der Waals surface area contributed by atoms with Gasteiger partial charge in [-0.05, 0) is 52.0 Å². The van der Waals surface area contributed by atoms with Gasteiger partial charge in [-0.25, -0.2) is 8.78 Å². The molecule has 0 aromatic heterocycles. The largest absolute Gasteiger partial charge is 0.312 e. The van der Waals surface area contributed by atoms with Crippen LogP contribution >= 0.6 is 0 Å². The Hall–Kier alpha value is -0.180. The summed E-state index contributed by atoms with van der Waals surface area (Å²) in [5.41, 5.74) is 0.504. The third kappa shape index (κ3) is 27.1. The molecule has 0 rings (SSSR count). The van der Waals surface area contributed by atoms with Crippen LogP contribution in [-0.4, -0.2) is 18.5 Å². The van der Waals surface area contributed by atoms with Crippen molar-refractivity contribution >= 4 is 0 Å². The summed E-state index contributed by atoms with van der Waals surface area (Å²) in [7, 11) is 0. The fraction of sp³-hybridized carbons (Fsp3) is 1.00. The van der Waals surface area contributed by atoms with Gasteiger partial charge in [-0.1, -0.05) is 34.1 Å². The second-order valence-electron chi connectivity index (χ2n) is 7.37. The molecule has 0 amide bonds. The third-order valence-electron chi connectivity index (χ3n) is 2.53. The van der Waals surface area contributed by atoms with Gasteiger partial charge in [-0.2, -0.15) is 0 Å². The number of halogens is 2. The van der Waals surface area contributed by atoms with E-state index in [-0.39, 0.29) is 11.8 Å². The molecule has 0 unspecified atom stereocenters. The first-order valence-corrected chi connectivity index (χ1v) is 7.51. The van der Waals surface area contributed by atoms with Crippen LogP contribution in [0.25, 0.3) is 0 Å². The highest BCUT2D eigenvalue weighted by Crippen LogP contribution is 2.22. The molecule has 0 aromatic rings. The average molecular weight is 279 g/mol. The van der Waals surface area contributed by atoms with Crippen LogP contribution in [0.15, 0.2) is 0 Å². The molecular formula is C16H35F2N. The van der Waals surface area contributed by atoms with E-state index in [0.29, 0.717) is 12.0 Å². The van der Waals surface area contributed by atoms with Gasteiger partial charge in [-0.3, -0.25) is 0 Å². The molecular weight excluding hydrogens is 244 g/mol. The first kappa shape index (κ1) is 21.1. The molecule has 0 radical (unpaired) electrons. The molecule has 1 nitrogen and oxygen atoms in total. The van der Waals surface area contributed by atoms with Crippen LogP contribution in [-0.2, 0) is 0 Å². The van der Waals surface area contributed by atoms with Crippen LogP contribution in [0.1, 0.15) is 80.6 Å². The highest BCUT2D eigenvalue weighted by molar-refractivity contribution is 4.69. The Morgan fingerprint density at radius 1 is 0.947 bits per heavy atom. The molecule has 0 aromatic carbocycles. The van der Waals surface area contributed by atoms with Crippen LogP contribution in [0, 0.1) is 5.41 Å². The van der Waals surface area contributed by atoms with Crippen molar-refractivity contribution in [1.82, 2.24) is 5.32 Å². The van der Waals surface area contributed by atoms with Gasteiger partial charge in [0.2, 0.25) is 6.43 Å². The molecule has 0 spiro atoms. The van der Waals surface area contributed by atoms with Crippen LogP contribution in [0.4, 0.5) is 8.78 Å². The monoisotopic (exact) mass is 279 g/mol. The van der Waals surface area contributed by atoms with E-state index in [1.165, 1.54) is 12.8 Å². The van der Waals surface area contributed by atoms with Crippen molar-refractivity contribution in [2.75, 3.05) is 6.54 Å². The lowest BCUT2D eigenvalue weighted by Crippen LogP contribution is -2.36. The molecule has 3 heteroatoms. The SMILES string of the molecule is CC(C)(C)CCCC(F)F.CCCCNC(C)(C)C. The third-order valence-corrected chi connectivity index (χ3v) is 2.53. The molecule has 118 valence electrons. The first-order chi connectivity index (χ1) is 8.48. The summed E-state index contributed by atoms with van der Waals surface area (Å²) >= 11 is 0. The highest BCUT2D eigenvalue weighted by atomic mass is 19.3. The number of nitrogens with one attached hydrogen (secondary N) is 1. The van der Waals surface area contributed by atoms with Gasteiger partial charge < -0.3 is 5.32 Å². The van der Waals surface area contributed by atoms with Crippen molar-refractivity contribution < 1.29 is 8.78 Å². The van der Waals surface area contributed by atoms with Crippen LogP contribution < -0.4 is 5.32 Å². The summed E-state index contributed by atoms with van der Waals surface area (Å²) in [6.45, 7) is 16.2. The fourth-order valence-electron chi connectivity index (χ4n) is 1.43. The minimum atomic E-state index is -2.12. The van der Waals surface area contributed by atoms with E-state index < -0.39 is 6.43 Å². The van der Waals surface area contributed by atoms with Gasteiger partial charge in [-0.15, -0.1) is 0 Å². The molecule has 0 aliphatic carbocycles. The molecule has 1 N–H and O–H groups in total. The fourth-order valence-corrected chi connectivity index (χ4v) is 1.43. The molecule has 0 heterocycles. The molecule has 0 aliphatic heterocycles. The number of rotatable bonds is 6. The molecule has 0 bridgehead atoms. The van der Waals surface area contributed by atoms with E-state index in [9.17, 15) is 8.78 Å². The van der Waals surface area contributed by atoms with Crippen molar-refractivity contribution in [3.05, 3.63) is 0 Å². The smallest absolute Gasteiger partial charge is 0.238 e. The van der Waals surface area contributed by atoms with Crippen LogP contribution in [0.5, 0.6) is 0 Å². The van der Waals surface area contributed by atoms with E-state index in [2.05, 4.69) is 53.8 Å². The molecule has 19 heavy (non-hydrogen) atoms. The van der Waals surface area contributed by atoms with Crippen molar-refractivity contribution in [3.63, 3.8) is 0 Å². The summed E-state index contributed by atoms with van der Waals surface area (Å²) < 4.78 is 23.2. The summed E-state index contributed by atoms with van der Waals surface area (Å²) in [6.07, 6.45) is 2.03. The maximum absolute atomic E-state index is 11.6. The van der Waals surface area contributed by atoms with Gasteiger partial charge in [0.25, 0.3) is 0 Å². The highest BCUT2D eigenvalue weighted by Gasteiger charge is 2.11. The Labute approximate surface area is 119 Å². The maximum Gasteiger partial charge on any atom is 0.238 e. The summed E-state index contributed by atoms with van der Waals surface area (Å²) in [6, 6.07) is 0. The second kappa shape index (κ2) is 10.6. The normalized spacial score (nSPS) is 12.3. The Kier molecular flexibility index (Phi) is 11.8. The number of alkyl halides is 2. The predicted octanol–water partition coefficient (Wildman–Crippen LogP) is 5.64. The standard InChI is InChI=1S/C8H16F2.C8H19N/c1-8(2,3)6-4-5-7(9)10;1-5-6-7-9-8(2,3)4/h7H,4-6H2,1-3H3;9H,5-7H2,1-4H3. The van der Waals surface area contributed by atoms with Gasteiger partial charge in [0, 0.05) is 12.0 Å². The molecule has 0 atom stereocenters. The van der Waals surface area contributed by atoms with Crippen molar-refractivity contribution in [3.8, 4) is 0 Å². The Morgan fingerprint density at radius 2 is 1.47 bits per heavy atom. The second-order valence-corrected chi connectivity index (χ2v) is 7.37. The van der Waals surface area contributed by atoms with Gasteiger partial charge in [0.1, 0.15) is 0 Å². The zero-order valence-electron chi connectivity index (χ0n) is 14.1. The van der Waals surface area contributed by atoms with Crippen LogP contribution in [0.3, 0.4) is 0 Å². The minimum Gasteiger partial charge on any atom is -0.312 e. The Balaban J connectivity index is 0. The number of hydrogen-bond acceptors (Lipinski definition) is 1. The van der Waals surface area contributed by atoms with E-state index in [0.717, 1.165) is 13.0 Å².